The number of hydrazine groups is 1. The largest absolute Gasteiger partial charge is 0.375 e. The fourth-order valence-corrected chi connectivity index (χ4v) is 3.82. The number of amides is 1. The first-order chi connectivity index (χ1) is 12.1. The number of nitrogens with zero attached hydrogens (tertiary/aromatic N) is 2. The highest BCUT2D eigenvalue weighted by Crippen LogP contribution is 2.47. The van der Waals surface area contributed by atoms with Gasteiger partial charge in [-0.1, -0.05) is 42.1 Å². The number of rotatable bonds is 4. The zero-order valence-corrected chi connectivity index (χ0v) is 15.1. The number of thiocarbonyl (C=S) groups is 1. The molecule has 5 nitrogen and oxygen atoms in total. The maximum absolute atomic E-state index is 12.6. The van der Waals surface area contributed by atoms with Crippen LogP contribution in [0.25, 0.3) is 0 Å². The van der Waals surface area contributed by atoms with Gasteiger partial charge in [0.05, 0.1) is 17.9 Å². The molecular weight excluding hydrogens is 352 g/mol. The van der Waals surface area contributed by atoms with E-state index in [0.29, 0.717) is 6.54 Å². The molecular formula is C18H18N4OS2. The van der Waals surface area contributed by atoms with Gasteiger partial charge in [0.2, 0.25) is 0 Å². The molecule has 1 heterocycles. The second-order valence-electron chi connectivity index (χ2n) is 5.40. The number of carbonyl (C=O) groups is 1. The molecule has 0 radical (unpaired) electrons. The van der Waals surface area contributed by atoms with Crippen LogP contribution < -0.4 is 16.1 Å². The van der Waals surface area contributed by atoms with Crippen LogP contribution in [0.3, 0.4) is 0 Å². The van der Waals surface area contributed by atoms with Crippen LogP contribution in [0.4, 0.5) is 11.4 Å². The molecule has 1 aliphatic rings. The maximum Gasteiger partial charge on any atom is 0.258 e. The van der Waals surface area contributed by atoms with Crippen LogP contribution in [0, 0.1) is 0 Å². The normalized spacial score (nSPS) is 11.9. The summed E-state index contributed by atoms with van der Waals surface area (Å²) >= 11 is 6.66. The molecule has 0 saturated carbocycles. The zero-order valence-electron chi connectivity index (χ0n) is 13.5. The first-order valence-corrected chi connectivity index (χ1v) is 8.93. The van der Waals surface area contributed by atoms with E-state index in [4.69, 9.17) is 18.0 Å². The van der Waals surface area contributed by atoms with Crippen molar-refractivity contribution in [3.63, 3.8) is 0 Å². The topological polar surface area (TPSA) is 61.6 Å². The van der Waals surface area contributed by atoms with Gasteiger partial charge in [-0.15, -0.1) is 6.58 Å². The van der Waals surface area contributed by atoms with E-state index in [1.807, 2.05) is 41.3 Å². The summed E-state index contributed by atoms with van der Waals surface area (Å²) in [5.41, 5.74) is 10.4. The van der Waals surface area contributed by atoms with Crippen molar-refractivity contribution in [3.05, 3.63) is 61.2 Å². The first kappa shape index (κ1) is 17.3. The van der Waals surface area contributed by atoms with E-state index in [2.05, 4.69) is 24.1 Å². The van der Waals surface area contributed by atoms with E-state index in [1.54, 1.807) is 17.8 Å². The van der Waals surface area contributed by atoms with Gasteiger partial charge in [0, 0.05) is 9.79 Å². The van der Waals surface area contributed by atoms with Crippen molar-refractivity contribution in [2.24, 2.45) is 5.73 Å². The van der Waals surface area contributed by atoms with Gasteiger partial charge < -0.3 is 10.6 Å². The third-order valence-corrected chi connectivity index (χ3v) is 5.02. The van der Waals surface area contributed by atoms with Gasteiger partial charge in [0.1, 0.15) is 6.54 Å². The molecule has 1 amide bonds. The minimum atomic E-state index is -0.203. The quantitative estimate of drug-likeness (QED) is 0.490. The predicted octanol–water partition coefficient (Wildman–Crippen LogP) is 3.05. The molecule has 0 fully saturated rings. The summed E-state index contributed by atoms with van der Waals surface area (Å²) in [6.07, 6.45) is 1.63. The maximum atomic E-state index is 12.6. The van der Waals surface area contributed by atoms with Gasteiger partial charge >= 0.3 is 0 Å². The predicted molar refractivity (Wildman–Crippen MR) is 106 cm³/mol. The van der Waals surface area contributed by atoms with E-state index < -0.39 is 0 Å². The minimum absolute atomic E-state index is 0.100. The Morgan fingerprint density at radius 1 is 1.20 bits per heavy atom. The van der Waals surface area contributed by atoms with Gasteiger partial charge in [-0.25, -0.2) is 0 Å². The molecule has 0 unspecified atom stereocenters. The third-order valence-electron chi connectivity index (χ3n) is 3.67. The van der Waals surface area contributed by atoms with E-state index >= 15 is 0 Å². The summed E-state index contributed by atoms with van der Waals surface area (Å²) in [5, 5.41) is 1.50. The monoisotopic (exact) mass is 370 g/mol. The molecule has 2 aromatic rings. The highest BCUT2D eigenvalue weighted by Gasteiger charge is 2.25. The van der Waals surface area contributed by atoms with Crippen molar-refractivity contribution >= 4 is 46.4 Å². The SMILES string of the molecule is C=CCN(NC(=O)CN1c2ccccc2Sc2ccccc21)C(N)=S. The van der Waals surface area contributed by atoms with Crippen molar-refractivity contribution in [2.45, 2.75) is 9.79 Å². The van der Waals surface area contributed by atoms with Gasteiger partial charge in [-0.3, -0.25) is 15.2 Å². The Morgan fingerprint density at radius 2 is 1.76 bits per heavy atom. The lowest BCUT2D eigenvalue weighted by molar-refractivity contribution is -0.122. The van der Waals surface area contributed by atoms with Crippen LogP contribution in [0.1, 0.15) is 0 Å². The third kappa shape index (κ3) is 3.78. The number of hydrogen-bond donors (Lipinski definition) is 2. The van der Waals surface area contributed by atoms with Gasteiger partial charge in [0.15, 0.2) is 5.11 Å². The second-order valence-corrected chi connectivity index (χ2v) is 6.90. The lowest BCUT2D eigenvalue weighted by Gasteiger charge is -2.33. The molecule has 128 valence electrons. The zero-order chi connectivity index (χ0) is 17.8. The number of carbonyl (C=O) groups excluding carboxylic acids is 1. The Labute approximate surface area is 156 Å². The number of hydrogen-bond acceptors (Lipinski definition) is 4. The van der Waals surface area contributed by atoms with E-state index in [1.165, 1.54) is 5.01 Å². The molecule has 3 N–H and O–H groups in total. The Balaban J connectivity index is 1.85. The van der Waals surface area contributed by atoms with Crippen LogP contribution in [0.5, 0.6) is 0 Å². The highest BCUT2D eigenvalue weighted by molar-refractivity contribution is 7.99. The van der Waals surface area contributed by atoms with Crippen LogP contribution in [-0.4, -0.2) is 29.1 Å². The Morgan fingerprint density at radius 3 is 2.28 bits per heavy atom. The summed E-state index contributed by atoms with van der Waals surface area (Å²) in [6, 6.07) is 16.1. The number of benzene rings is 2. The molecule has 0 spiro atoms. The summed E-state index contributed by atoms with van der Waals surface area (Å²) in [4.78, 5) is 16.8. The summed E-state index contributed by atoms with van der Waals surface area (Å²) in [5.74, 6) is -0.203. The number of nitrogens with one attached hydrogen (secondary N) is 1. The number of fused-ring (bicyclic) bond motifs is 2. The Hall–Kier alpha value is -2.51. The first-order valence-electron chi connectivity index (χ1n) is 7.71. The Bertz CT molecular complexity index is 779. The molecule has 0 atom stereocenters. The Kier molecular flexibility index (Phi) is 5.25. The van der Waals surface area contributed by atoms with E-state index in [9.17, 15) is 4.79 Å². The fraction of sp³-hybridized carbons (Fsp3) is 0.111. The molecule has 0 aliphatic carbocycles. The number of anilines is 2. The molecule has 1 aliphatic heterocycles. The lowest BCUT2D eigenvalue weighted by atomic mass is 10.2. The molecule has 3 rings (SSSR count). The average molecular weight is 371 g/mol. The van der Waals surface area contributed by atoms with Crippen molar-refractivity contribution in [1.29, 1.82) is 0 Å². The van der Waals surface area contributed by atoms with Gasteiger partial charge in [-0.05, 0) is 36.5 Å². The van der Waals surface area contributed by atoms with Crippen LogP contribution in [-0.2, 0) is 4.79 Å². The smallest absolute Gasteiger partial charge is 0.258 e. The number of nitrogens with two attached hydrogens (primary N) is 1. The molecule has 0 bridgehead atoms. The van der Waals surface area contributed by atoms with Crippen LogP contribution >= 0.6 is 24.0 Å². The molecule has 7 heteroatoms. The molecule has 2 aromatic carbocycles. The number of para-hydroxylation sites is 2. The molecule has 0 aromatic heterocycles. The molecule has 0 saturated heterocycles. The van der Waals surface area contributed by atoms with E-state index in [-0.39, 0.29) is 17.6 Å². The molecule has 25 heavy (non-hydrogen) atoms. The second kappa shape index (κ2) is 7.58. The van der Waals surface area contributed by atoms with Gasteiger partial charge in [0.25, 0.3) is 5.91 Å². The van der Waals surface area contributed by atoms with Crippen LogP contribution in [0.15, 0.2) is 71.0 Å². The van der Waals surface area contributed by atoms with Gasteiger partial charge in [-0.2, -0.15) is 0 Å². The van der Waals surface area contributed by atoms with Crippen molar-refractivity contribution < 1.29 is 4.79 Å². The standard InChI is InChI=1S/C18H18N4OS2/c1-2-11-22(18(19)24)20-17(23)12-21-13-7-3-5-9-15(13)25-16-10-6-4-8-14(16)21/h2-10H,1,11-12H2,(H2,19,24)(H,20,23). The average Bonchev–Trinajstić information content (AvgIpc) is 2.61. The lowest BCUT2D eigenvalue weighted by Crippen LogP contribution is -2.51. The van der Waals surface area contributed by atoms with E-state index in [0.717, 1.165) is 21.2 Å². The van der Waals surface area contributed by atoms with Crippen molar-refractivity contribution in [1.82, 2.24) is 10.4 Å². The summed E-state index contributed by atoms with van der Waals surface area (Å²) < 4.78 is 0. The fourth-order valence-electron chi connectivity index (χ4n) is 2.60. The van der Waals surface area contributed by atoms with Crippen molar-refractivity contribution in [2.75, 3.05) is 18.0 Å². The minimum Gasteiger partial charge on any atom is -0.375 e. The van der Waals surface area contributed by atoms with Crippen molar-refractivity contribution in [3.8, 4) is 0 Å². The summed E-state index contributed by atoms with van der Waals surface area (Å²) in [7, 11) is 0. The highest BCUT2D eigenvalue weighted by atomic mass is 32.2. The summed E-state index contributed by atoms with van der Waals surface area (Å²) in [6.45, 7) is 4.15. The van der Waals surface area contributed by atoms with Crippen LogP contribution in [0.2, 0.25) is 0 Å².